The molecule has 0 radical (unpaired) electrons. The molecule has 1 amide bonds. The second kappa shape index (κ2) is 8.04. The molecule has 0 saturated carbocycles. The van der Waals surface area contributed by atoms with E-state index in [0.717, 1.165) is 5.56 Å². The van der Waals surface area contributed by atoms with Crippen LogP contribution in [0.4, 0.5) is 0 Å². The van der Waals surface area contributed by atoms with Crippen LogP contribution in [0.3, 0.4) is 0 Å². The molecule has 1 N–H and O–H groups in total. The SMILES string of the molecule is Cc1ccc(S(=O)(=O)N2CCC(NC(=O)C3COc4ccccc4O3)CC2)cc1. The van der Waals surface area contributed by atoms with Crippen molar-refractivity contribution in [3.63, 3.8) is 0 Å². The quantitative estimate of drug-likeness (QED) is 0.825. The van der Waals surface area contributed by atoms with Gasteiger partial charge in [-0.25, -0.2) is 8.42 Å². The lowest BCUT2D eigenvalue weighted by molar-refractivity contribution is -0.131. The number of nitrogens with zero attached hydrogens (tertiary/aromatic N) is 1. The number of hydrogen-bond acceptors (Lipinski definition) is 5. The van der Waals surface area contributed by atoms with Gasteiger partial charge in [0.1, 0.15) is 6.61 Å². The van der Waals surface area contributed by atoms with Crippen molar-refractivity contribution in [3.05, 3.63) is 54.1 Å². The number of carbonyl (C=O) groups excluding carboxylic acids is 1. The summed E-state index contributed by atoms with van der Waals surface area (Å²) in [6.45, 7) is 2.81. The van der Waals surface area contributed by atoms with Crippen molar-refractivity contribution in [2.24, 2.45) is 0 Å². The predicted molar refractivity (Wildman–Crippen MR) is 107 cm³/mol. The fraction of sp³-hybridized carbons (Fsp3) is 0.381. The van der Waals surface area contributed by atoms with Crippen LogP contribution in [0.1, 0.15) is 18.4 Å². The molecule has 0 aliphatic carbocycles. The van der Waals surface area contributed by atoms with Crippen molar-refractivity contribution in [3.8, 4) is 11.5 Å². The molecule has 2 aliphatic heterocycles. The predicted octanol–water partition coefficient (Wildman–Crippen LogP) is 2.10. The van der Waals surface area contributed by atoms with Crippen LogP contribution >= 0.6 is 0 Å². The van der Waals surface area contributed by atoms with Crippen LogP contribution in [-0.4, -0.2) is 50.5 Å². The van der Waals surface area contributed by atoms with E-state index in [0.29, 0.717) is 42.3 Å². The highest BCUT2D eigenvalue weighted by Gasteiger charge is 2.33. The molecular weight excluding hydrogens is 392 g/mol. The van der Waals surface area contributed by atoms with E-state index < -0.39 is 16.1 Å². The summed E-state index contributed by atoms with van der Waals surface area (Å²) >= 11 is 0. The van der Waals surface area contributed by atoms with Crippen LogP contribution in [0.5, 0.6) is 11.5 Å². The molecule has 2 aromatic carbocycles. The number of fused-ring (bicyclic) bond motifs is 1. The standard InChI is InChI=1S/C21H24N2O5S/c1-15-6-8-17(9-7-15)29(25,26)23-12-10-16(11-13-23)22-21(24)20-14-27-18-4-2-3-5-19(18)28-20/h2-9,16,20H,10-14H2,1H3,(H,22,24). The summed E-state index contributed by atoms with van der Waals surface area (Å²) in [5.74, 6) is 0.948. The third-order valence-corrected chi connectivity index (χ3v) is 7.17. The van der Waals surface area contributed by atoms with E-state index in [9.17, 15) is 13.2 Å². The zero-order valence-electron chi connectivity index (χ0n) is 16.2. The third-order valence-electron chi connectivity index (χ3n) is 5.26. The van der Waals surface area contributed by atoms with Gasteiger partial charge in [-0.3, -0.25) is 4.79 Å². The van der Waals surface area contributed by atoms with Crippen molar-refractivity contribution in [1.82, 2.24) is 9.62 Å². The van der Waals surface area contributed by atoms with E-state index in [-0.39, 0.29) is 18.6 Å². The lowest BCUT2D eigenvalue weighted by atomic mass is 10.1. The van der Waals surface area contributed by atoms with Crippen LogP contribution in [0.2, 0.25) is 0 Å². The molecule has 1 unspecified atom stereocenters. The van der Waals surface area contributed by atoms with Crippen LogP contribution < -0.4 is 14.8 Å². The Hall–Kier alpha value is -2.58. The first kappa shape index (κ1) is 19.7. The fourth-order valence-electron chi connectivity index (χ4n) is 3.54. The second-order valence-corrected chi connectivity index (χ2v) is 9.30. The van der Waals surface area contributed by atoms with E-state index in [1.165, 1.54) is 4.31 Å². The summed E-state index contributed by atoms with van der Waals surface area (Å²) in [5.41, 5.74) is 1.02. The lowest BCUT2D eigenvalue weighted by Crippen LogP contribution is -2.51. The molecule has 0 spiro atoms. The van der Waals surface area contributed by atoms with Crippen molar-refractivity contribution >= 4 is 15.9 Å². The number of piperidine rings is 1. The number of benzene rings is 2. The summed E-state index contributed by atoms with van der Waals surface area (Å²) < 4.78 is 38.4. The van der Waals surface area contributed by atoms with Crippen LogP contribution in [0.15, 0.2) is 53.4 Å². The first-order chi connectivity index (χ1) is 13.9. The minimum Gasteiger partial charge on any atom is -0.485 e. The van der Waals surface area contributed by atoms with Crippen LogP contribution in [-0.2, 0) is 14.8 Å². The van der Waals surface area contributed by atoms with Crippen LogP contribution in [0.25, 0.3) is 0 Å². The molecule has 2 aromatic rings. The largest absolute Gasteiger partial charge is 0.485 e. The maximum Gasteiger partial charge on any atom is 0.264 e. The van der Waals surface area contributed by atoms with Gasteiger partial charge in [0, 0.05) is 19.1 Å². The maximum atomic E-state index is 12.8. The van der Waals surface area contributed by atoms with Gasteiger partial charge in [0.15, 0.2) is 11.5 Å². The Morgan fingerprint density at radius 1 is 1.03 bits per heavy atom. The first-order valence-corrected chi connectivity index (χ1v) is 11.1. The van der Waals surface area contributed by atoms with E-state index in [1.54, 1.807) is 36.4 Å². The van der Waals surface area contributed by atoms with E-state index >= 15 is 0 Å². The Morgan fingerprint density at radius 3 is 2.38 bits per heavy atom. The molecule has 8 heteroatoms. The Morgan fingerprint density at radius 2 is 1.69 bits per heavy atom. The average Bonchev–Trinajstić information content (AvgIpc) is 2.74. The van der Waals surface area contributed by atoms with Gasteiger partial charge in [0.25, 0.3) is 5.91 Å². The smallest absolute Gasteiger partial charge is 0.264 e. The summed E-state index contributed by atoms with van der Waals surface area (Å²) in [5, 5.41) is 2.97. The van der Waals surface area contributed by atoms with Crippen molar-refractivity contribution in [2.75, 3.05) is 19.7 Å². The minimum absolute atomic E-state index is 0.0901. The topological polar surface area (TPSA) is 84.9 Å². The molecule has 1 saturated heterocycles. The van der Waals surface area contributed by atoms with E-state index in [2.05, 4.69) is 5.32 Å². The molecule has 2 aliphatic rings. The number of rotatable bonds is 4. The summed E-state index contributed by atoms with van der Waals surface area (Å²) in [4.78, 5) is 12.9. The number of hydrogen-bond donors (Lipinski definition) is 1. The Bertz CT molecular complexity index is 982. The number of nitrogens with one attached hydrogen (secondary N) is 1. The van der Waals surface area contributed by atoms with Crippen molar-refractivity contribution in [2.45, 2.75) is 36.8 Å². The molecule has 7 nitrogen and oxygen atoms in total. The average molecular weight is 416 g/mol. The van der Waals surface area contributed by atoms with Gasteiger partial charge < -0.3 is 14.8 Å². The number of carbonyl (C=O) groups is 1. The molecule has 0 aromatic heterocycles. The zero-order chi connectivity index (χ0) is 20.4. The molecule has 1 fully saturated rings. The molecule has 4 rings (SSSR count). The Balaban J connectivity index is 1.32. The van der Waals surface area contributed by atoms with Crippen LogP contribution in [0, 0.1) is 6.92 Å². The summed E-state index contributed by atoms with van der Waals surface area (Å²) in [6.07, 6.45) is 0.404. The van der Waals surface area contributed by atoms with Gasteiger partial charge in [-0.15, -0.1) is 0 Å². The number of sulfonamides is 1. The number of para-hydroxylation sites is 2. The maximum absolute atomic E-state index is 12.8. The molecule has 1 atom stereocenters. The van der Waals surface area contributed by atoms with Crippen molar-refractivity contribution in [1.29, 1.82) is 0 Å². The van der Waals surface area contributed by atoms with Gasteiger partial charge >= 0.3 is 0 Å². The normalized spacial score (nSPS) is 20.2. The monoisotopic (exact) mass is 416 g/mol. The van der Waals surface area contributed by atoms with Gasteiger partial charge in [-0.2, -0.15) is 4.31 Å². The Kier molecular flexibility index (Phi) is 5.47. The zero-order valence-corrected chi connectivity index (χ0v) is 17.0. The highest BCUT2D eigenvalue weighted by molar-refractivity contribution is 7.89. The minimum atomic E-state index is -3.51. The highest BCUT2D eigenvalue weighted by atomic mass is 32.2. The van der Waals surface area contributed by atoms with E-state index in [1.807, 2.05) is 19.1 Å². The van der Waals surface area contributed by atoms with Gasteiger partial charge in [0.05, 0.1) is 4.90 Å². The van der Waals surface area contributed by atoms with Crippen molar-refractivity contribution < 1.29 is 22.7 Å². The molecule has 154 valence electrons. The van der Waals surface area contributed by atoms with Gasteiger partial charge in [-0.1, -0.05) is 29.8 Å². The fourth-order valence-corrected chi connectivity index (χ4v) is 5.01. The van der Waals surface area contributed by atoms with Gasteiger partial charge in [-0.05, 0) is 44.0 Å². The number of aryl methyl sites for hydroxylation is 1. The summed E-state index contributed by atoms with van der Waals surface area (Å²) in [6, 6.07) is 14.0. The summed E-state index contributed by atoms with van der Waals surface area (Å²) in [7, 11) is -3.51. The lowest BCUT2D eigenvalue weighted by Gasteiger charge is -2.33. The molecule has 0 bridgehead atoms. The second-order valence-electron chi connectivity index (χ2n) is 7.36. The molecular formula is C21H24N2O5S. The highest BCUT2D eigenvalue weighted by Crippen LogP contribution is 2.31. The first-order valence-electron chi connectivity index (χ1n) is 9.69. The Labute approximate surface area is 170 Å². The number of ether oxygens (including phenoxy) is 2. The van der Waals surface area contributed by atoms with Gasteiger partial charge in [0.2, 0.25) is 16.1 Å². The number of amides is 1. The third kappa shape index (κ3) is 4.23. The van der Waals surface area contributed by atoms with E-state index in [4.69, 9.17) is 9.47 Å². The molecule has 2 heterocycles. The molecule has 29 heavy (non-hydrogen) atoms.